The summed E-state index contributed by atoms with van der Waals surface area (Å²) in [5.74, 6) is -0.356. The van der Waals surface area contributed by atoms with Crippen LogP contribution in [0.2, 0.25) is 0 Å². The van der Waals surface area contributed by atoms with Gasteiger partial charge in [-0.05, 0) is 19.9 Å². The van der Waals surface area contributed by atoms with Crippen molar-refractivity contribution in [3.8, 4) is 0 Å². The number of aryl methyl sites for hydroxylation is 1. The second-order valence-electron chi connectivity index (χ2n) is 3.43. The largest absolute Gasteiger partial charge is 0.462 e. The normalized spacial score (nSPS) is 12.1. The average Bonchev–Trinajstić information content (AvgIpc) is 2.60. The molecule has 4 heteroatoms. The minimum Gasteiger partial charge on any atom is -0.462 e. The molecule has 2 rings (SSSR count). The SMILES string of the molecule is [2H]c1cc([2H])c(=O)c2oc(C)c(C(=O)OCC)c2c1. The fourth-order valence-electron chi connectivity index (χ4n) is 1.62. The highest BCUT2D eigenvalue weighted by molar-refractivity contribution is 6.04. The number of hydrogen-bond donors (Lipinski definition) is 0. The molecule has 0 bridgehead atoms. The van der Waals surface area contributed by atoms with Crippen LogP contribution in [0.3, 0.4) is 0 Å². The highest BCUT2D eigenvalue weighted by Crippen LogP contribution is 2.23. The van der Waals surface area contributed by atoms with Crippen LogP contribution in [0.15, 0.2) is 33.4 Å². The second-order valence-corrected chi connectivity index (χ2v) is 3.43. The van der Waals surface area contributed by atoms with Gasteiger partial charge in [-0.2, -0.15) is 0 Å². The molecule has 0 amide bonds. The van der Waals surface area contributed by atoms with E-state index in [4.69, 9.17) is 11.9 Å². The molecule has 0 N–H and O–H groups in total. The summed E-state index contributed by atoms with van der Waals surface area (Å²) in [4.78, 5) is 23.8. The molecule has 0 atom stereocenters. The van der Waals surface area contributed by atoms with Crippen LogP contribution in [0.1, 0.15) is 25.8 Å². The maximum atomic E-state index is 11.9. The van der Waals surface area contributed by atoms with E-state index in [2.05, 4.69) is 0 Å². The molecule has 0 aliphatic heterocycles. The zero-order valence-corrected chi connectivity index (χ0v) is 9.49. The van der Waals surface area contributed by atoms with Crippen molar-refractivity contribution in [3.05, 3.63) is 45.8 Å². The Morgan fingerprint density at radius 3 is 3.06 bits per heavy atom. The van der Waals surface area contributed by atoms with E-state index in [0.29, 0.717) is 0 Å². The first-order chi connectivity index (χ1) is 8.95. The fraction of sp³-hybridized carbons (Fsp3) is 0.231. The minimum atomic E-state index is -0.646. The summed E-state index contributed by atoms with van der Waals surface area (Å²) in [6, 6.07) is 2.06. The number of furan rings is 1. The Hall–Kier alpha value is -2.10. The summed E-state index contributed by atoms with van der Waals surface area (Å²) < 4.78 is 25.3. The minimum absolute atomic E-state index is 0.0385. The Labute approximate surface area is 101 Å². The molecule has 1 heterocycles. The Bertz CT molecular complexity index is 719. The molecule has 0 aliphatic rings. The second kappa shape index (κ2) is 4.41. The van der Waals surface area contributed by atoms with Crippen molar-refractivity contribution < 1.29 is 16.7 Å². The van der Waals surface area contributed by atoms with E-state index in [9.17, 15) is 9.59 Å². The van der Waals surface area contributed by atoms with E-state index in [-0.39, 0.29) is 41.0 Å². The number of rotatable bonds is 2. The summed E-state index contributed by atoms with van der Waals surface area (Å²) in [5, 5.41) is 0.212. The lowest BCUT2D eigenvalue weighted by Crippen LogP contribution is -2.05. The zero-order valence-electron chi connectivity index (χ0n) is 11.5. The van der Waals surface area contributed by atoms with Gasteiger partial charge < -0.3 is 9.15 Å². The summed E-state index contributed by atoms with van der Waals surface area (Å²) in [6.45, 7) is 3.41. The van der Waals surface area contributed by atoms with Crippen molar-refractivity contribution in [2.45, 2.75) is 13.8 Å². The van der Waals surface area contributed by atoms with Gasteiger partial charge in [0.1, 0.15) is 11.3 Å². The quantitative estimate of drug-likeness (QED) is 0.748. The van der Waals surface area contributed by atoms with Gasteiger partial charge in [-0.15, -0.1) is 0 Å². The van der Waals surface area contributed by atoms with Crippen molar-refractivity contribution >= 4 is 16.9 Å². The molecule has 0 aliphatic carbocycles. The standard InChI is InChI=1S/C13H12O4/c1-3-16-13(15)11-8(2)17-12-9(11)6-4-5-7-10(12)14/h4-7H,3H2,1-2H3/i4D,7D. The van der Waals surface area contributed by atoms with E-state index in [1.807, 2.05) is 0 Å². The molecule has 0 saturated heterocycles. The predicted octanol–water partition coefficient (Wildman–Crippen LogP) is 2.28. The molecule has 0 spiro atoms. The highest BCUT2D eigenvalue weighted by Gasteiger charge is 2.19. The van der Waals surface area contributed by atoms with E-state index in [1.54, 1.807) is 13.8 Å². The Kier molecular flexibility index (Phi) is 2.33. The molecular formula is C13H12O4. The number of ether oxygens (including phenoxy) is 1. The molecule has 0 radical (unpaired) electrons. The van der Waals surface area contributed by atoms with Crippen LogP contribution in [0, 0.1) is 6.92 Å². The fourth-order valence-corrected chi connectivity index (χ4v) is 1.62. The molecule has 17 heavy (non-hydrogen) atoms. The molecular weight excluding hydrogens is 220 g/mol. The van der Waals surface area contributed by atoms with Gasteiger partial charge in [-0.25, -0.2) is 4.79 Å². The summed E-state index contributed by atoms with van der Waals surface area (Å²) >= 11 is 0. The molecule has 1 aromatic heterocycles. The van der Waals surface area contributed by atoms with Crippen molar-refractivity contribution in [2.75, 3.05) is 6.61 Å². The van der Waals surface area contributed by atoms with Crippen LogP contribution in [-0.2, 0) is 4.74 Å². The third-order valence-corrected chi connectivity index (χ3v) is 2.32. The van der Waals surface area contributed by atoms with Gasteiger partial charge in [0.2, 0.25) is 5.43 Å². The number of esters is 1. The first-order valence-corrected chi connectivity index (χ1v) is 5.17. The maximum absolute atomic E-state index is 11.9. The third kappa shape index (κ3) is 1.93. The Morgan fingerprint density at radius 1 is 1.59 bits per heavy atom. The van der Waals surface area contributed by atoms with E-state index < -0.39 is 11.4 Å². The van der Waals surface area contributed by atoms with Crippen molar-refractivity contribution in [1.82, 2.24) is 0 Å². The van der Waals surface area contributed by atoms with E-state index >= 15 is 0 Å². The third-order valence-electron chi connectivity index (χ3n) is 2.32. The van der Waals surface area contributed by atoms with Crippen LogP contribution < -0.4 is 5.43 Å². The van der Waals surface area contributed by atoms with Gasteiger partial charge >= 0.3 is 5.97 Å². The van der Waals surface area contributed by atoms with Crippen LogP contribution in [-0.4, -0.2) is 12.6 Å². The lowest BCUT2D eigenvalue weighted by Gasteiger charge is -1.99. The monoisotopic (exact) mass is 234 g/mol. The Balaban J connectivity index is 2.88. The van der Waals surface area contributed by atoms with Crippen molar-refractivity contribution in [1.29, 1.82) is 0 Å². The molecule has 4 nitrogen and oxygen atoms in total. The molecule has 88 valence electrons. The van der Waals surface area contributed by atoms with Gasteiger partial charge in [0, 0.05) is 5.39 Å². The first-order valence-electron chi connectivity index (χ1n) is 6.17. The lowest BCUT2D eigenvalue weighted by molar-refractivity contribution is 0.0526. The van der Waals surface area contributed by atoms with Crippen LogP contribution >= 0.6 is 0 Å². The van der Waals surface area contributed by atoms with Gasteiger partial charge in [0.25, 0.3) is 0 Å². The molecule has 2 aromatic rings. The summed E-state index contributed by atoms with van der Waals surface area (Å²) in [7, 11) is 0. The van der Waals surface area contributed by atoms with Crippen molar-refractivity contribution in [3.63, 3.8) is 0 Å². The number of carbonyl (C=O) groups excluding carboxylic acids is 1. The maximum Gasteiger partial charge on any atom is 0.342 e. The van der Waals surface area contributed by atoms with Gasteiger partial charge in [-0.1, -0.05) is 18.2 Å². The van der Waals surface area contributed by atoms with Gasteiger partial charge in [-0.3, -0.25) is 4.79 Å². The number of carbonyl (C=O) groups is 1. The number of hydrogen-bond acceptors (Lipinski definition) is 4. The molecule has 0 fully saturated rings. The van der Waals surface area contributed by atoms with Crippen molar-refractivity contribution in [2.24, 2.45) is 0 Å². The van der Waals surface area contributed by atoms with Crippen LogP contribution in [0.25, 0.3) is 11.0 Å². The molecule has 0 saturated carbocycles. The van der Waals surface area contributed by atoms with Crippen LogP contribution in [0.4, 0.5) is 0 Å². The zero-order chi connectivity index (χ0) is 14.2. The van der Waals surface area contributed by atoms with E-state index in [1.165, 1.54) is 6.07 Å². The highest BCUT2D eigenvalue weighted by atomic mass is 16.5. The number of fused-ring (bicyclic) bond motifs is 1. The van der Waals surface area contributed by atoms with Gasteiger partial charge in [0.15, 0.2) is 5.58 Å². The summed E-state index contributed by atoms with van der Waals surface area (Å²) in [6.07, 6.45) is 0. The smallest absolute Gasteiger partial charge is 0.342 e. The average molecular weight is 234 g/mol. The first kappa shape index (κ1) is 8.98. The molecule has 0 unspecified atom stereocenters. The summed E-state index contributed by atoms with van der Waals surface area (Å²) in [5.41, 5.74) is -0.603. The van der Waals surface area contributed by atoms with E-state index in [0.717, 1.165) is 6.07 Å². The Morgan fingerprint density at radius 2 is 2.35 bits per heavy atom. The molecule has 1 aromatic carbocycles. The lowest BCUT2D eigenvalue weighted by atomic mass is 10.2. The topological polar surface area (TPSA) is 56.5 Å². The van der Waals surface area contributed by atoms with Crippen LogP contribution in [0.5, 0.6) is 0 Å². The van der Waals surface area contributed by atoms with Gasteiger partial charge in [0.05, 0.1) is 9.35 Å². The predicted molar refractivity (Wildman–Crippen MR) is 63.2 cm³/mol.